The molecule has 1 aromatic carbocycles. The summed E-state index contributed by atoms with van der Waals surface area (Å²) < 4.78 is 42.9. The number of alkyl halides is 3. The van der Waals surface area contributed by atoms with Crippen molar-refractivity contribution in [2.75, 3.05) is 20.3 Å². The molecule has 0 spiro atoms. The van der Waals surface area contributed by atoms with Gasteiger partial charge in [-0.1, -0.05) is 12.1 Å². The lowest BCUT2D eigenvalue weighted by Crippen LogP contribution is -2.49. The number of hydrogen-bond donors (Lipinski definition) is 1. The van der Waals surface area contributed by atoms with Crippen molar-refractivity contribution in [2.45, 2.75) is 37.5 Å². The Morgan fingerprint density at radius 3 is 2.57 bits per heavy atom. The monoisotopic (exact) mass is 330 g/mol. The van der Waals surface area contributed by atoms with Gasteiger partial charge < -0.3 is 15.4 Å². The van der Waals surface area contributed by atoms with Crippen molar-refractivity contribution >= 4 is 5.91 Å². The number of benzene rings is 1. The molecule has 1 amide bonds. The molecule has 7 heteroatoms. The minimum atomic E-state index is -4.36. The summed E-state index contributed by atoms with van der Waals surface area (Å²) in [4.78, 5) is 14.1. The molecule has 0 radical (unpaired) electrons. The first-order chi connectivity index (χ1) is 10.8. The van der Waals surface area contributed by atoms with Gasteiger partial charge in [-0.2, -0.15) is 13.2 Å². The normalized spacial score (nSPS) is 20.4. The lowest BCUT2D eigenvalue weighted by atomic mass is 9.94. The fourth-order valence-corrected chi connectivity index (χ4v) is 2.90. The van der Waals surface area contributed by atoms with Crippen LogP contribution in [0.15, 0.2) is 24.3 Å². The number of methoxy groups -OCH3 is 1. The predicted molar refractivity (Wildman–Crippen MR) is 79.6 cm³/mol. The van der Waals surface area contributed by atoms with Crippen molar-refractivity contribution in [3.8, 4) is 0 Å². The summed E-state index contributed by atoms with van der Waals surface area (Å²) >= 11 is 0. The lowest BCUT2D eigenvalue weighted by molar-refractivity contribution is -0.138. The van der Waals surface area contributed by atoms with Gasteiger partial charge in [0.2, 0.25) is 5.91 Å². The Bertz CT molecular complexity index is 531. The highest BCUT2D eigenvalue weighted by Crippen LogP contribution is 2.34. The summed E-state index contributed by atoms with van der Waals surface area (Å²) in [7, 11) is 1.47. The Morgan fingerprint density at radius 2 is 2.00 bits per heavy atom. The fraction of sp³-hybridized carbons (Fsp3) is 0.562. The average Bonchev–Trinajstić information content (AvgIpc) is 2.54. The molecule has 1 saturated heterocycles. The van der Waals surface area contributed by atoms with Gasteiger partial charge in [0.1, 0.15) is 6.04 Å². The smallest absolute Gasteiger partial charge is 0.383 e. The zero-order valence-electron chi connectivity index (χ0n) is 13.0. The molecule has 0 bridgehead atoms. The van der Waals surface area contributed by atoms with Crippen LogP contribution in [0.1, 0.15) is 36.4 Å². The minimum Gasteiger partial charge on any atom is -0.383 e. The number of likely N-dealkylation sites (tertiary alicyclic amines) is 1. The van der Waals surface area contributed by atoms with E-state index in [9.17, 15) is 18.0 Å². The number of piperidine rings is 1. The van der Waals surface area contributed by atoms with Gasteiger partial charge in [0.05, 0.1) is 18.2 Å². The molecule has 0 aliphatic carbocycles. The lowest BCUT2D eigenvalue weighted by Gasteiger charge is -2.37. The molecule has 2 unspecified atom stereocenters. The summed E-state index contributed by atoms with van der Waals surface area (Å²) in [5, 5.41) is 0. The third-order valence-corrected chi connectivity index (χ3v) is 4.07. The quantitative estimate of drug-likeness (QED) is 0.923. The number of nitrogens with zero attached hydrogens (tertiary/aromatic N) is 1. The van der Waals surface area contributed by atoms with Crippen LogP contribution >= 0.6 is 0 Å². The third kappa shape index (κ3) is 4.23. The van der Waals surface area contributed by atoms with Crippen LogP contribution in [-0.2, 0) is 15.7 Å². The Balaban J connectivity index is 2.19. The molecule has 2 rings (SSSR count). The van der Waals surface area contributed by atoms with Crippen LogP contribution in [0.4, 0.5) is 13.2 Å². The molecule has 1 aromatic rings. The fourth-order valence-electron chi connectivity index (χ4n) is 2.90. The Hall–Kier alpha value is -1.60. The molecule has 2 N–H and O–H groups in total. The van der Waals surface area contributed by atoms with Gasteiger partial charge in [0.15, 0.2) is 0 Å². The zero-order chi connectivity index (χ0) is 17.0. The third-order valence-electron chi connectivity index (χ3n) is 4.07. The van der Waals surface area contributed by atoms with Gasteiger partial charge in [0, 0.05) is 13.7 Å². The van der Waals surface area contributed by atoms with E-state index in [1.54, 1.807) is 4.90 Å². The van der Waals surface area contributed by atoms with Crippen LogP contribution in [0.25, 0.3) is 0 Å². The molecule has 1 aliphatic heterocycles. The zero-order valence-corrected chi connectivity index (χ0v) is 13.0. The maximum Gasteiger partial charge on any atom is 0.416 e. The number of ether oxygens (including phenoxy) is 1. The first-order valence-electron chi connectivity index (χ1n) is 7.56. The van der Waals surface area contributed by atoms with Crippen LogP contribution < -0.4 is 5.73 Å². The summed E-state index contributed by atoms with van der Waals surface area (Å²) in [6.07, 6.45) is -1.85. The van der Waals surface area contributed by atoms with E-state index in [4.69, 9.17) is 10.5 Å². The Morgan fingerprint density at radius 1 is 1.35 bits per heavy atom. The molecule has 128 valence electrons. The van der Waals surface area contributed by atoms with E-state index >= 15 is 0 Å². The van der Waals surface area contributed by atoms with Gasteiger partial charge in [-0.15, -0.1) is 0 Å². The minimum absolute atomic E-state index is 0.120. The van der Waals surface area contributed by atoms with Crippen LogP contribution in [0.5, 0.6) is 0 Å². The van der Waals surface area contributed by atoms with E-state index in [2.05, 4.69) is 0 Å². The second kappa shape index (κ2) is 7.31. The molecule has 2 atom stereocenters. The second-order valence-corrected chi connectivity index (χ2v) is 5.72. The van der Waals surface area contributed by atoms with Crippen molar-refractivity contribution in [2.24, 2.45) is 5.73 Å². The maximum atomic E-state index is 12.7. The van der Waals surface area contributed by atoms with Crippen molar-refractivity contribution in [3.63, 3.8) is 0 Å². The largest absolute Gasteiger partial charge is 0.416 e. The highest BCUT2D eigenvalue weighted by molar-refractivity contribution is 5.82. The van der Waals surface area contributed by atoms with Gasteiger partial charge >= 0.3 is 6.18 Å². The Kier molecular flexibility index (Phi) is 5.64. The average molecular weight is 330 g/mol. The van der Waals surface area contributed by atoms with E-state index in [1.807, 2.05) is 0 Å². The number of amides is 1. The predicted octanol–water partition coefficient (Wildman–Crippen LogP) is 2.73. The molecule has 1 heterocycles. The second-order valence-electron chi connectivity index (χ2n) is 5.72. The molecule has 0 aromatic heterocycles. The summed E-state index contributed by atoms with van der Waals surface area (Å²) in [5.41, 5.74) is 5.83. The molecule has 4 nitrogen and oxygen atoms in total. The van der Waals surface area contributed by atoms with Crippen LogP contribution in [0, 0.1) is 0 Å². The maximum absolute atomic E-state index is 12.7. The van der Waals surface area contributed by atoms with E-state index in [1.165, 1.54) is 19.2 Å². The van der Waals surface area contributed by atoms with Gasteiger partial charge in [-0.05, 0) is 37.0 Å². The van der Waals surface area contributed by atoms with E-state index in [0.29, 0.717) is 12.1 Å². The standard InChI is InChI=1S/C16H21F3N2O2/c1-23-10-13(20)15(22)21-9-3-2-4-14(21)11-5-7-12(8-6-11)16(17,18)19/h5-8,13-14H,2-4,9-10,20H2,1H3. The number of nitrogens with two attached hydrogens (primary N) is 1. The van der Waals surface area contributed by atoms with Gasteiger partial charge in [-0.25, -0.2) is 0 Å². The highest BCUT2D eigenvalue weighted by Gasteiger charge is 2.33. The number of halogens is 3. The Labute approximate surface area is 133 Å². The first-order valence-corrected chi connectivity index (χ1v) is 7.56. The molecule has 0 saturated carbocycles. The topological polar surface area (TPSA) is 55.6 Å². The van der Waals surface area contributed by atoms with Gasteiger partial charge in [-0.3, -0.25) is 4.79 Å². The summed E-state index contributed by atoms with van der Waals surface area (Å²) in [5.74, 6) is -0.226. The SMILES string of the molecule is COCC(N)C(=O)N1CCCCC1c1ccc(C(F)(F)F)cc1. The van der Waals surface area contributed by atoms with Gasteiger partial charge in [0.25, 0.3) is 0 Å². The number of carbonyl (C=O) groups excluding carboxylic acids is 1. The first kappa shape index (κ1) is 17.7. The van der Waals surface area contributed by atoms with Crippen molar-refractivity contribution < 1.29 is 22.7 Å². The number of hydrogen-bond acceptors (Lipinski definition) is 3. The summed E-state index contributed by atoms with van der Waals surface area (Å²) in [6.45, 7) is 0.678. The van der Waals surface area contributed by atoms with E-state index < -0.39 is 17.8 Å². The number of rotatable bonds is 4. The van der Waals surface area contributed by atoms with Crippen LogP contribution in [0.3, 0.4) is 0 Å². The van der Waals surface area contributed by atoms with E-state index in [-0.39, 0.29) is 18.6 Å². The highest BCUT2D eigenvalue weighted by atomic mass is 19.4. The molecule has 23 heavy (non-hydrogen) atoms. The van der Waals surface area contributed by atoms with E-state index in [0.717, 1.165) is 31.4 Å². The molecule has 1 aliphatic rings. The van der Waals surface area contributed by atoms with Crippen molar-refractivity contribution in [1.82, 2.24) is 4.90 Å². The molecular weight excluding hydrogens is 309 g/mol. The van der Waals surface area contributed by atoms with Crippen molar-refractivity contribution in [3.05, 3.63) is 35.4 Å². The summed E-state index contributed by atoms with van der Waals surface area (Å²) in [6, 6.07) is 4.02. The van der Waals surface area contributed by atoms with Crippen molar-refractivity contribution in [1.29, 1.82) is 0 Å². The van der Waals surface area contributed by atoms with Crippen LogP contribution in [0.2, 0.25) is 0 Å². The molecular formula is C16H21F3N2O2. The number of carbonyl (C=O) groups is 1. The molecule has 1 fully saturated rings. The van der Waals surface area contributed by atoms with Crippen LogP contribution in [-0.4, -0.2) is 37.1 Å².